The SMILES string of the molecule is C1=CC2=CC=CN3COC(=C1)C23. The van der Waals surface area contributed by atoms with E-state index in [9.17, 15) is 0 Å². The normalized spacial score (nSPS) is 29.3. The maximum absolute atomic E-state index is 5.51. The van der Waals surface area contributed by atoms with Crippen LogP contribution in [0.4, 0.5) is 0 Å². The summed E-state index contributed by atoms with van der Waals surface area (Å²) in [4.78, 5) is 2.20. The van der Waals surface area contributed by atoms with Gasteiger partial charge in [-0.25, -0.2) is 0 Å². The summed E-state index contributed by atoms with van der Waals surface area (Å²) in [6.45, 7) is 0.687. The quantitative estimate of drug-likeness (QED) is 0.531. The highest BCUT2D eigenvalue weighted by molar-refractivity contribution is 5.44. The van der Waals surface area contributed by atoms with Gasteiger partial charge in [0.25, 0.3) is 0 Å². The molecular weight excluding hydrogens is 150 g/mol. The zero-order chi connectivity index (χ0) is 7.97. The predicted octanol–water partition coefficient (Wildman–Crippen LogP) is 1.55. The van der Waals surface area contributed by atoms with Crippen molar-refractivity contribution >= 4 is 0 Å². The molecule has 1 saturated heterocycles. The summed E-state index contributed by atoms with van der Waals surface area (Å²) < 4.78 is 5.51. The molecule has 2 aliphatic heterocycles. The van der Waals surface area contributed by atoms with Crippen molar-refractivity contribution in [3.05, 3.63) is 47.9 Å². The fourth-order valence-corrected chi connectivity index (χ4v) is 1.85. The maximum atomic E-state index is 5.51. The Labute approximate surface area is 71.1 Å². The number of hydrogen-bond donors (Lipinski definition) is 0. The molecule has 0 saturated carbocycles. The number of allylic oxidation sites excluding steroid dienone is 4. The molecule has 2 heteroatoms. The van der Waals surface area contributed by atoms with Crippen molar-refractivity contribution in [2.24, 2.45) is 0 Å². The molecule has 2 heterocycles. The van der Waals surface area contributed by atoms with Crippen molar-refractivity contribution in [2.75, 3.05) is 6.73 Å². The third-order valence-electron chi connectivity index (χ3n) is 2.41. The minimum Gasteiger partial charge on any atom is -0.475 e. The van der Waals surface area contributed by atoms with E-state index in [1.807, 2.05) is 12.2 Å². The standard InChI is InChI=1S/C10H9NO/c1-3-8-4-2-6-11-7-12-9(5-1)10(8)11/h1-6,10H,7H2. The van der Waals surface area contributed by atoms with Crippen molar-refractivity contribution in [3.63, 3.8) is 0 Å². The van der Waals surface area contributed by atoms with Crippen LogP contribution in [0, 0.1) is 0 Å². The molecule has 1 fully saturated rings. The third-order valence-corrected chi connectivity index (χ3v) is 2.41. The highest BCUT2D eigenvalue weighted by Crippen LogP contribution is 2.32. The molecule has 1 atom stereocenters. The molecule has 3 rings (SSSR count). The van der Waals surface area contributed by atoms with Crippen LogP contribution < -0.4 is 0 Å². The van der Waals surface area contributed by atoms with Crippen molar-refractivity contribution in [1.82, 2.24) is 4.90 Å². The fourth-order valence-electron chi connectivity index (χ4n) is 1.85. The Morgan fingerprint density at radius 1 is 1.33 bits per heavy atom. The average molecular weight is 159 g/mol. The Balaban J connectivity index is 2.15. The predicted molar refractivity (Wildman–Crippen MR) is 46.0 cm³/mol. The lowest BCUT2D eigenvalue weighted by Gasteiger charge is -2.25. The zero-order valence-corrected chi connectivity index (χ0v) is 6.60. The Morgan fingerprint density at radius 3 is 3.33 bits per heavy atom. The summed E-state index contributed by atoms with van der Waals surface area (Å²) in [5.41, 5.74) is 1.33. The number of rotatable bonds is 0. The van der Waals surface area contributed by atoms with E-state index >= 15 is 0 Å². The van der Waals surface area contributed by atoms with Gasteiger partial charge in [-0.05, 0) is 17.7 Å². The molecule has 0 radical (unpaired) electrons. The van der Waals surface area contributed by atoms with Crippen LogP contribution in [0.3, 0.4) is 0 Å². The van der Waals surface area contributed by atoms with Crippen LogP contribution in [0.1, 0.15) is 0 Å². The second-order valence-corrected chi connectivity index (χ2v) is 3.13. The van der Waals surface area contributed by atoms with Gasteiger partial charge < -0.3 is 9.64 Å². The smallest absolute Gasteiger partial charge is 0.161 e. The lowest BCUT2D eigenvalue weighted by Crippen LogP contribution is -2.28. The van der Waals surface area contributed by atoms with Gasteiger partial charge >= 0.3 is 0 Å². The third kappa shape index (κ3) is 0.644. The first-order valence-electron chi connectivity index (χ1n) is 4.10. The number of hydrogen-bond acceptors (Lipinski definition) is 2. The van der Waals surface area contributed by atoms with E-state index in [-0.39, 0.29) is 0 Å². The van der Waals surface area contributed by atoms with Crippen molar-refractivity contribution in [2.45, 2.75) is 6.04 Å². The highest BCUT2D eigenvalue weighted by Gasteiger charge is 2.33. The monoisotopic (exact) mass is 159 g/mol. The number of nitrogens with zero attached hydrogens (tertiary/aromatic N) is 1. The van der Waals surface area contributed by atoms with Crippen LogP contribution in [0.5, 0.6) is 0 Å². The van der Waals surface area contributed by atoms with E-state index in [1.165, 1.54) is 5.57 Å². The molecule has 1 aliphatic carbocycles. The summed E-state index contributed by atoms with van der Waals surface area (Å²) in [6, 6.07) is 0.361. The topological polar surface area (TPSA) is 12.5 Å². The van der Waals surface area contributed by atoms with Crippen molar-refractivity contribution in [1.29, 1.82) is 0 Å². The van der Waals surface area contributed by atoms with E-state index in [0.717, 1.165) is 5.76 Å². The molecule has 0 N–H and O–H groups in total. The summed E-state index contributed by atoms with van der Waals surface area (Å²) >= 11 is 0. The fraction of sp³-hybridized carbons (Fsp3) is 0.200. The van der Waals surface area contributed by atoms with Crippen LogP contribution >= 0.6 is 0 Å². The zero-order valence-electron chi connectivity index (χ0n) is 6.60. The Morgan fingerprint density at radius 2 is 2.33 bits per heavy atom. The van der Waals surface area contributed by atoms with Gasteiger partial charge in [0.05, 0.1) is 0 Å². The second-order valence-electron chi connectivity index (χ2n) is 3.13. The van der Waals surface area contributed by atoms with Crippen molar-refractivity contribution < 1.29 is 4.74 Å². The molecule has 1 unspecified atom stereocenters. The average Bonchev–Trinajstić information content (AvgIpc) is 2.52. The molecule has 0 aromatic rings. The molecule has 0 spiro atoms. The number of ether oxygens (including phenoxy) is 1. The molecular formula is C10H9NO. The lowest BCUT2D eigenvalue weighted by molar-refractivity contribution is 0.199. The van der Waals surface area contributed by atoms with Crippen LogP contribution in [-0.4, -0.2) is 17.7 Å². The summed E-state index contributed by atoms with van der Waals surface area (Å²) in [6.07, 6.45) is 12.5. The van der Waals surface area contributed by atoms with Gasteiger partial charge in [0.1, 0.15) is 11.8 Å². The van der Waals surface area contributed by atoms with Crippen LogP contribution in [-0.2, 0) is 4.74 Å². The molecule has 0 aromatic carbocycles. The van der Waals surface area contributed by atoms with Gasteiger partial charge in [-0.1, -0.05) is 18.2 Å². The highest BCUT2D eigenvalue weighted by atomic mass is 16.5. The molecule has 3 aliphatic rings. The Hall–Kier alpha value is -1.44. The van der Waals surface area contributed by atoms with Crippen molar-refractivity contribution in [3.8, 4) is 0 Å². The largest absolute Gasteiger partial charge is 0.475 e. The molecule has 12 heavy (non-hydrogen) atoms. The molecule has 0 bridgehead atoms. The summed E-state index contributed by atoms with van der Waals surface area (Å²) in [7, 11) is 0. The van der Waals surface area contributed by atoms with Gasteiger partial charge in [-0.2, -0.15) is 0 Å². The summed E-state index contributed by atoms with van der Waals surface area (Å²) in [5, 5.41) is 0. The minimum absolute atomic E-state index is 0.361. The first-order chi connectivity index (χ1) is 5.95. The van der Waals surface area contributed by atoms with E-state index < -0.39 is 0 Å². The Kier molecular flexibility index (Phi) is 1.04. The van der Waals surface area contributed by atoms with Gasteiger partial charge in [-0.15, -0.1) is 0 Å². The second kappa shape index (κ2) is 2.03. The van der Waals surface area contributed by atoms with E-state index in [4.69, 9.17) is 4.74 Å². The lowest BCUT2D eigenvalue weighted by atomic mass is 9.98. The maximum Gasteiger partial charge on any atom is 0.161 e. The van der Waals surface area contributed by atoms with Crippen LogP contribution in [0.25, 0.3) is 0 Å². The van der Waals surface area contributed by atoms with Crippen LogP contribution in [0.2, 0.25) is 0 Å². The summed E-state index contributed by atoms with van der Waals surface area (Å²) in [5.74, 6) is 1.08. The first-order valence-corrected chi connectivity index (χ1v) is 4.10. The molecule has 0 aromatic heterocycles. The van der Waals surface area contributed by atoms with Gasteiger partial charge in [-0.3, -0.25) is 0 Å². The first kappa shape index (κ1) is 6.12. The van der Waals surface area contributed by atoms with Gasteiger partial charge in [0.15, 0.2) is 6.73 Å². The minimum atomic E-state index is 0.361. The van der Waals surface area contributed by atoms with Crippen LogP contribution in [0.15, 0.2) is 47.9 Å². The van der Waals surface area contributed by atoms with E-state index in [0.29, 0.717) is 12.8 Å². The molecule has 2 nitrogen and oxygen atoms in total. The Bertz CT molecular complexity index is 336. The van der Waals surface area contributed by atoms with E-state index in [1.54, 1.807) is 0 Å². The van der Waals surface area contributed by atoms with Gasteiger partial charge in [0, 0.05) is 6.20 Å². The molecule has 60 valence electrons. The van der Waals surface area contributed by atoms with E-state index in [2.05, 4.69) is 29.3 Å². The van der Waals surface area contributed by atoms with Gasteiger partial charge in [0.2, 0.25) is 0 Å². The molecule has 0 amide bonds.